The zero-order valence-electron chi connectivity index (χ0n) is 20.7. The molecule has 1 aliphatic heterocycles. The number of halogens is 6. The molecule has 8 nitrogen and oxygen atoms in total. The molecule has 3 aromatic carbocycles. The number of benzene rings is 3. The second-order valence-corrected chi connectivity index (χ2v) is 9.71. The van der Waals surface area contributed by atoms with Gasteiger partial charge < -0.3 is 10.6 Å². The van der Waals surface area contributed by atoms with Gasteiger partial charge in [0.15, 0.2) is 0 Å². The number of carbonyl (C=O) groups excluding carboxylic acids is 2. The summed E-state index contributed by atoms with van der Waals surface area (Å²) < 4.78 is 69.8. The number of H-pyrrole nitrogens is 1. The molecule has 1 aliphatic rings. The molecule has 3 heterocycles. The molecule has 1 unspecified atom stereocenters. The van der Waals surface area contributed by atoms with Crippen LogP contribution in [0.15, 0.2) is 54.7 Å². The van der Waals surface area contributed by atoms with Gasteiger partial charge in [0.05, 0.1) is 28.6 Å². The van der Waals surface area contributed by atoms with E-state index >= 15 is 0 Å². The summed E-state index contributed by atoms with van der Waals surface area (Å²) >= 11 is 6.35. The molecule has 0 saturated heterocycles. The maximum Gasteiger partial charge on any atom is 0.416 e. The van der Waals surface area contributed by atoms with E-state index in [1.807, 2.05) is 0 Å². The zero-order valence-corrected chi connectivity index (χ0v) is 21.5. The fraction of sp³-hybridized carbons (Fsp3) is 0.111. The average molecular weight is 587 g/mol. The van der Waals surface area contributed by atoms with Gasteiger partial charge in [0.2, 0.25) is 0 Å². The van der Waals surface area contributed by atoms with E-state index < -0.39 is 46.8 Å². The minimum atomic E-state index is -4.90. The smallest absolute Gasteiger partial charge is 0.341 e. The van der Waals surface area contributed by atoms with Crippen molar-refractivity contribution in [2.24, 2.45) is 7.05 Å². The summed E-state index contributed by atoms with van der Waals surface area (Å²) in [5.41, 5.74) is -0.345. The molecule has 2 aromatic heterocycles. The van der Waals surface area contributed by atoms with Crippen molar-refractivity contribution in [3.8, 4) is 11.4 Å². The second kappa shape index (κ2) is 9.41. The van der Waals surface area contributed by atoms with Crippen LogP contribution in [-0.4, -0.2) is 31.8 Å². The number of nitrogens with zero attached hydrogens (tertiary/aromatic N) is 3. The van der Waals surface area contributed by atoms with Crippen LogP contribution < -0.4 is 10.6 Å². The third-order valence-electron chi connectivity index (χ3n) is 6.72. The summed E-state index contributed by atoms with van der Waals surface area (Å²) in [6.07, 6.45) is -3.40. The first-order valence-corrected chi connectivity index (χ1v) is 12.3. The molecule has 2 amide bonds. The summed E-state index contributed by atoms with van der Waals surface area (Å²) in [6.45, 7) is 0. The lowest BCUT2D eigenvalue weighted by atomic mass is 9.93. The molecule has 208 valence electrons. The van der Waals surface area contributed by atoms with Crippen molar-refractivity contribution >= 4 is 40.0 Å². The molecule has 6 rings (SSSR count). The molecular formula is C27H16ClF5N6O2. The van der Waals surface area contributed by atoms with E-state index in [1.54, 1.807) is 13.1 Å². The van der Waals surface area contributed by atoms with Gasteiger partial charge >= 0.3 is 6.18 Å². The maximum absolute atomic E-state index is 14.3. The topological polar surface area (TPSA) is 105 Å². The standard InChI is InChI=1S/C27H16ClF5N6O2/c1-39-24(18-4-5-34-37-18)16-10-19(35-25(40)11-6-12(27(31,32)33)8-14(30)7-11)20-21(23(16)38-39)26(41)36-22(20)15-9-13(29)2-3-17(15)28/h2-10,22H,1H3,(H,34,37)(H,35,40)(H,36,41). The van der Waals surface area contributed by atoms with E-state index in [4.69, 9.17) is 11.6 Å². The van der Waals surface area contributed by atoms with E-state index in [0.29, 0.717) is 28.9 Å². The van der Waals surface area contributed by atoms with Crippen LogP contribution in [0.2, 0.25) is 5.02 Å². The Morgan fingerprint density at radius 1 is 1.07 bits per heavy atom. The van der Waals surface area contributed by atoms with Crippen molar-refractivity contribution in [1.29, 1.82) is 0 Å². The lowest BCUT2D eigenvalue weighted by Gasteiger charge is -2.18. The highest BCUT2D eigenvalue weighted by molar-refractivity contribution is 6.31. The molecule has 0 spiro atoms. The second-order valence-electron chi connectivity index (χ2n) is 9.30. The minimum Gasteiger partial charge on any atom is -0.341 e. The van der Waals surface area contributed by atoms with Crippen LogP contribution in [0.1, 0.15) is 43.4 Å². The van der Waals surface area contributed by atoms with Crippen LogP contribution in [-0.2, 0) is 13.2 Å². The van der Waals surface area contributed by atoms with Gasteiger partial charge in [0.1, 0.15) is 17.2 Å². The summed E-state index contributed by atoms with van der Waals surface area (Å²) in [5, 5.41) is 17.0. The fourth-order valence-corrected chi connectivity index (χ4v) is 5.24. The molecule has 0 saturated carbocycles. The number of amides is 2. The van der Waals surface area contributed by atoms with Crippen molar-refractivity contribution in [1.82, 2.24) is 25.3 Å². The van der Waals surface area contributed by atoms with Crippen LogP contribution in [0, 0.1) is 11.6 Å². The number of anilines is 1. The summed E-state index contributed by atoms with van der Waals surface area (Å²) in [4.78, 5) is 26.6. The third kappa shape index (κ3) is 4.47. The Balaban J connectivity index is 1.58. The number of aromatic nitrogens is 4. The first-order chi connectivity index (χ1) is 19.4. The molecule has 0 bridgehead atoms. The molecular weight excluding hydrogens is 571 g/mol. The van der Waals surface area contributed by atoms with E-state index in [1.165, 1.54) is 23.0 Å². The van der Waals surface area contributed by atoms with E-state index in [-0.39, 0.29) is 39.0 Å². The molecule has 0 aliphatic carbocycles. The Bertz CT molecular complexity index is 1880. The monoisotopic (exact) mass is 586 g/mol. The maximum atomic E-state index is 14.3. The Morgan fingerprint density at radius 2 is 1.85 bits per heavy atom. The quantitative estimate of drug-likeness (QED) is 0.225. The molecule has 14 heteroatoms. The van der Waals surface area contributed by atoms with Crippen LogP contribution >= 0.6 is 11.6 Å². The number of alkyl halides is 3. The van der Waals surface area contributed by atoms with Gasteiger partial charge in [-0.2, -0.15) is 23.4 Å². The SMILES string of the molecule is Cn1nc2c3c(c(NC(=O)c4cc(F)cc(C(F)(F)F)c4)cc2c1-c1ccn[nH]1)C(c1cc(F)ccc1Cl)NC3=O. The first-order valence-electron chi connectivity index (χ1n) is 11.9. The zero-order chi connectivity index (χ0) is 29.2. The first kappa shape index (κ1) is 26.4. The largest absolute Gasteiger partial charge is 0.416 e. The number of nitrogens with one attached hydrogen (secondary N) is 3. The predicted molar refractivity (Wildman–Crippen MR) is 138 cm³/mol. The van der Waals surface area contributed by atoms with E-state index in [0.717, 1.165) is 12.1 Å². The van der Waals surface area contributed by atoms with Crippen molar-refractivity contribution in [3.63, 3.8) is 0 Å². The Hall–Kier alpha value is -4.78. The summed E-state index contributed by atoms with van der Waals surface area (Å²) in [5.74, 6) is -3.59. The Morgan fingerprint density at radius 3 is 2.56 bits per heavy atom. The molecule has 0 fully saturated rings. The van der Waals surface area contributed by atoms with Gasteiger partial charge in [-0.25, -0.2) is 8.78 Å². The van der Waals surface area contributed by atoms with Crippen molar-refractivity contribution < 1.29 is 31.5 Å². The number of aromatic amines is 1. The van der Waals surface area contributed by atoms with Crippen LogP contribution in [0.4, 0.5) is 27.6 Å². The van der Waals surface area contributed by atoms with Gasteiger partial charge in [-0.05, 0) is 48.5 Å². The molecule has 5 aromatic rings. The van der Waals surface area contributed by atoms with Crippen LogP contribution in [0.25, 0.3) is 22.3 Å². The Labute approximate surface area is 232 Å². The summed E-state index contributed by atoms with van der Waals surface area (Å²) in [6, 6.07) is 7.09. The van der Waals surface area contributed by atoms with Gasteiger partial charge in [-0.1, -0.05) is 11.6 Å². The number of carbonyl (C=O) groups is 2. The van der Waals surface area contributed by atoms with Gasteiger partial charge in [0, 0.05) is 46.0 Å². The normalized spacial score (nSPS) is 14.8. The van der Waals surface area contributed by atoms with E-state index in [9.17, 15) is 31.5 Å². The van der Waals surface area contributed by atoms with Gasteiger partial charge in [0.25, 0.3) is 11.8 Å². The van der Waals surface area contributed by atoms with E-state index in [2.05, 4.69) is 25.9 Å². The molecule has 1 atom stereocenters. The average Bonchev–Trinajstić information content (AvgIpc) is 3.62. The highest BCUT2D eigenvalue weighted by Crippen LogP contribution is 2.44. The van der Waals surface area contributed by atoms with Crippen LogP contribution in [0.3, 0.4) is 0 Å². The number of rotatable bonds is 4. The van der Waals surface area contributed by atoms with Gasteiger partial charge in [-0.15, -0.1) is 0 Å². The number of hydrogen-bond donors (Lipinski definition) is 3. The number of fused-ring (bicyclic) bond motifs is 3. The Kier molecular flexibility index (Phi) is 6.07. The third-order valence-corrected chi connectivity index (χ3v) is 7.06. The number of aryl methyl sites for hydroxylation is 1. The predicted octanol–water partition coefficient (Wildman–Crippen LogP) is 6.00. The molecule has 3 N–H and O–H groups in total. The van der Waals surface area contributed by atoms with Crippen molar-refractivity contribution in [2.75, 3.05) is 5.32 Å². The highest BCUT2D eigenvalue weighted by atomic mass is 35.5. The van der Waals surface area contributed by atoms with Gasteiger partial charge in [-0.3, -0.25) is 19.4 Å². The molecule has 0 radical (unpaired) electrons. The number of hydrogen-bond acceptors (Lipinski definition) is 4. The highest BCUT2D eigenvalue weighted by Gasteiger charge is 2.38. The van der Waals surface area contributed by atoms with Crippen LogP contribution in [0.5, 0.6) is 0 Å². The van der Waals surface area contributed by atoms with Crippen molar-refractivity contribution in [3.05, 3.63) is 99.2 Å². The summed E-state index contributed by atoms with van der Waals surface area (Å²) in [7, 11) is 1.63. The lowest BCUT2D eigenvalue weighted by Crippen LogP contribution is -2.21. The van der Waals surface area contributed by atoms with Crippen molar-refractivity contribution in [2.45, 2.75) is 12.2 Å². The molecule has 41 heavy (non-hydrogen) atoms. The fourth-order valence-electron chi connectivity index (χ4n) is 5.01. The lowest BCUT2D eigenvalue weighted by molar-refractivity contribution is -0.137. The minimum absolute atomic E-state index is 0.00670.